The van der Waals surface area contributed by atoms with E-state index in [-0.39, 0.29) is 5.54 Å². The molecule has 2 bridgehead atoms. The molecule has 0 amide bonds. The minimum Gasteiger partial charge on any atom is -0.281 e. The van der Waals surface area contributed by atoms with Crippen molar-refractivity contribution in [3.63, 3.8) is 0 Å². The predicted molar refractivity (Wildman–Crippen MR) is 75.7 cm³/mol. The molecule has 1 aromatic carbocycles. The smallest absolute Gasteiger partial charge is 0.0629 e. The van der Waals surface area contributed by atoms with Crippen LogP contribution in [0.1, 0.15) is 25.8 Å². The van der Waals surface area contributed by atoms with Crippen LogP contribution < -0.4 is 0 Å². The number of rotatable bonds is 1. The lowest BCUT2D eigenvalue weighted by atomic mass is 9.80. The van der Waals surface area contributed by atoms with Gasteiger partial charge in [-0.25, -0.2) is 0 Å². The Labute approximate surface area is 107 Å². The molecule has 0 aromatic heterocycles. The summed E-state index contributed by atoms with van der Waals surface area (Å²) in [5.41, 5.74) is 2.53. The first-order chi connectivity index (χ1) is 8.08. The maximum absolute atomic E-state index is 4.99. The summed E-state index contributed by atoms with van der Waals surface area (Å²) < 4.78 is 0. The molecule has 3 rings (SSSR count). The van der Waals surface area contributed by atoms with Gasteiger partial charge in [0.2, 0.25) is 0 Å². The zero-order valence-corrected chi connectivity index (χ0v) is 11.1. The zero-order chi connectivity index (χ0) is 12.0. The van der Waals surface area contributed by atoms with E-state index >= 15 is 0 Å². The van der Waals surface area contributed by atoms with E-state index in [1.54, 1.807) is 0 Å². The molecule has 2 heteroatoms. The number of hydrogen-bond acceptors (Lipinski definition) is 2. The fourth-order valence-electron chi connectivity index (χ4n) is 2.83. The minimum atomic E-state index is 0.00224. The molecule has 2 aliphatic rings. The van der Waals surface area contributed by atoms with Crippen molar-refractivity contribution >= 4 is 17.5 Å². The molecular formula is C15H17NS. The highest BCUT2D eigenvalue weighted by molar-refractivity contribution is 8.04. The van der Waals surface area contributed by atoms with Gasteiger partial charge in [-0.1, -0.05) is 36.9 Å². The molecule has 0 saturated carbocycles. The number of fused-ring (bicyclic) bond motifs is 2. The van der Waals surface area contributed by atoms with E-state index in [1.165, 1.54) is 22.6 Å². The maximum atomic E-state index is 4.99. The van der Waals surface area contributed by atoms with Crippen molar-refractivity contribution in [3.8, 4) is 0 Å². The number of hydrogen-bond donors (Lipinski definition) is 0. The third kappa shape index (κ3) is 1.75. The third-order valence-corrected chi connectivity index (χ3v) is 5.06. The van der Waals surface area contributed by atoms with Gasteiger partial charge in [-0.15, -0.1) is 11.8 Å². The van der Waals surface area contributed by atoms with Crippen molar-refractivity contribution < 1.29 is 0 Å². The summed E-state index contributed by atoms with van der Waals surface area (Å²) in [5.74, 6) is 0.546. The first-order valence-electron chi connectivity index (χ1n) is 6.08. The standard InChI is InChI=1S/C15H17NS/c1-10-12-9-13(17-10)14(16-15(12,2)3)11-7-5-4-6-8-11/h4-8,12-13H,1,9H2,2-3H3/t12-,13-/m1/s1. The van der Waals surface area contributed by atoms with Gasteiger partial charge in [-0.2, -0.15) is 0 Å². The van der Waals surface area contributed by atoms with E-state index in [4.69, 9.17) is 4.99 Å². The second-order valence-electron chi connectivity index (χ2n) is 5.38. The van der Waals surface area contributed by atoms with Crippen molar-refractivity contribution in [1.82, 2.24) is 0 Å². The highest BCUT2D eigenvalue weighted by Crippen LogP contribution is 2.51. The van der Waals surface area contributed by atoms with Crippen LogP contribution >= 0.6 is 11.8 Å². The number of aliphatic imine (C=N–C) groups is 1. The van der Waals surface area contributed by atoms with Crippen LogP contribution in [-0.2, 0) is 0 Å². The molecule has 1 nitrogen and oxygen atoms in total. The zero-order valence-electron chi connectivity index (χ0n) is 10.3. The highest BCUT2D eigenvalue weighted by atomic mass is 32.2. The average Bonchev–Trinajstić information content (AvgIpc) is 2.66. The van der Waals surface area contributed by atoms with E-state index in [0.29, 0.717) is 11.2 Å². The molecule has 2 heterocycles. The van der Waals surface area contributed by atoms with Crippen molar-refractivity contribution in [2.24, 2.45) is 10.9 Å². The van der Waals surface area contributed by atoms with Crippen molar-refractivity contribution in [2.75, 3.05) is 0 Å². The number of nitrogens with zero attached hydrogens (tertiary/aromatic N) is 1. The van der Waals surface area contributed by atoms with Gasteiger partial charge in [0, 0.05) is 5.92 Å². The van der Waals surface area contributed by atoms with Gasteiger partial charge in [0.15, 0.2) is 0 Å². The molecule has 17 heavy (non-hydrogen) atoms. The third-order valence-electron chi connectivity index (χ3n) is 3.77. The minimum absolute atomic E-state index is 0.00224. The van der Waals surface area contributed by atoms with Crippen LogP contribution in [0.25, 0.3) is 0 Å². The van der Waals surface area contributed by atoms with Crippen LogP contribution in [-0.4, -0.2) is 16.5 Å². The second-order valence-corrected chi connectivity index (χ2v) is 6.71. The molecule has 0 spiro atoms. The quantitative estimate of drug-likeness (QED) is 0.728. The van der Waals surface area contributed by atoms with Crippen LogP contribution in [0.4, 0.5) is 0 Å². The van der Waals surface area contributed by atoms with Crippen molar-refractivity contribution in [1.29, 1.82) is 0 Å². The van der Waals surface area contributed by atoms with E-state index < -0.39 is 0 Å². The predicted octanol–water partition coefficient (Wildman–Crippen LogP) is 3.90. The topological polar surface area (TPSA) is 12.4 Å². The summed E-state index contributed by atoms with van der Waals surface area (Å²) in [6.45, 7) is 8.67. The largest absolute Gasteiger partial charge is 0.281 e. The summed E-state index contributed by atoms with van der Waals surface area (Å²) in [6.07, 6.45) is 1.20. The molecule has 1 fully saturated rings. The molecule has 0 unspecified atom stereocenters. The molecule has 0 aliphatic carbocycles. The lowest BCUT2D eigenvalue weighted by Crippen LogP contribution is -2.36. The number of benzene rings is 1. The first-order valence-corrected chi connectivity index (χ1v) is 6.96. The number of thioether (sulfide) groups is 1. The van der Waals surface area contributed by atoms with Crippen LogP contribution in [0.2, 0.25) is 0 Å². The van der Waals surface area contributed by atoms with Gasteiger partial charge in [0.1, 0.15) is 0 Å². The van der Waals surface area contributed by atoms with Crippen LogP contribution in [0.3, 0.4) is 0 Å². The van der Waals surface area contributed by atoms with Gasteiger partial charge < -0.3 is 0 Å². The lowest BCUT2D eigenvalue weighted by Gasteiger charge is -2.33. The van der Waals surface area contributed by atoms with E-state index in [1.807, 2.05) is 11.8 Å². The average molecular weight is 243 g/mol. The molecule has 1 saturated heterocycles. The highest BCUT2D eigenvalue weighted by Gasteiger charge is 2.45. The molecular weight excluding hydrogens is 226 g/mol. The van der Waals surface area contributed by atoms with Crippen LogP contribution in [0, 0.1) is 5.92 Å². The molecule has 88 valence electrons. The Balaban J connectivity index is 2.07. The van der Waals surface area contributed by atoms with Crippen LogP contribution in [0.5, 0.6) is 0 Å². The summed E-state index contributed by atoms with van der Waals surface area (Å²) >= 11 is 1.92. The Morgan fingerprint density at radius 2 is 2.00 bits per heavy atom. The molecule has 2 aliphatic heterocycles. The summed E-state index contributed by atoms with van der Waals surface area (Å²) in [6, 6.07) is 10.6. The van der Waals surface area contributed by atoms with Crippen molar-refractivity contribution in [2.45, 2.75) is 31.1 Å². The van der Waals surface area contributed by atoms with Gasteiger partial charge in [0.05, 0.1) is 16.5 Å². The van der Waals surface area contributed by atoms with Crippen LogP contribution in [0.15, 0.2) is 46.8 Å². The molecule has 0 radical (unpaired) electrons. The Hall–Kier alpha value is -1.02. The maximum Gasteiger partial charge on any atom is 0.0629 e. The SMILES string of the molecule is C=C1S[C@@H]2C[C@H]1C(C)(C)N=C2c1ccccc1. The van der Waals surface area contributed by atoms with Gasteiger partial charge in [-0.05, 0) is 30.7 Å². The normalized spacial score (nSPS) is 30.2. The van der Waals surface area contributed by atoms with E-state index in [9.17, 15) is 0 Å². The first kappa shape index (κ1) is 11.1. The summed E-state index contributed by atoms with van der Waals surface area (Å²) in [5, 5.41) is 0.517. The van der Waals surface area contributed by atoms with Gasteiger partial charge in [0.25, 0.3) is 0 Å². The van der Waals surface area contributed by atoms with E-state index in [0.717, 1.165) is 0 Å². The fourth-order valence-corrected chi connectivity index (χ4v) is 4.33. The summed E-state index contributed by atoms with van der Waals surface area (Å²) in [7, 11) is 0. The monoisotopic (exact) mass is 243 g/mol. The van der Waals surface area contributed by atoms with Gasteiger partial charge in [-0.3, -0.25) is 4.99 Å². The Morgan fingerprint density at radius 1 is 1.29 bits per heavy atom. The van der Waals surface area contributed by atoms with Crippen molar-refractivity contribution in [3.05, 3.63) is 47.4 Å². The van der Waals surface area contributed by atoms with Gasteiger partial charge >= 0.3 is 0 Å². The lowest BCUT2D eigenvalue weighted by molar-refractivity contribution is 0.362. The second kappa shape index (κ2) is 3.74. The Morgan fingerprint density at radius 3 is 2.71 bits per heavy atom. The molecule has 1 aromatic rings. The Bertz CT molecular complexity index is 487. The molecule has 2 atom stereocenters. The Kier molecular flexibility index (Phi) is 2.44. The summed E-state index contributed by atoms with van der Waals surface area (Å²) in [4.78, 5) is 6.31. The fraction of sp³-hybridized carbons (Fsp3) is 0.400. The van der Waals surface area contributed by atoms with E-state index in [2.05, 4.69) is 50.8 Å². The molecule has 0 N–H and O–H groups in total.